The number of nitrogens with zero attached hydrogens (tertiary/aromatic N) is 3. The summed E-state index contributed by atoms with van der Waals surface area (Å²) in [6.45, 7) is 2.85. The Bertz CT molecular complexity index is 139. The lowest BCUT2D eigenvalue weighted by atomic mass is 10.8. The van der Waals surface area contributed by atoms with Gasteiger partial charge < -0.3 is 0 Å². The fourth-order valence-corrected chi connectivity index (χ4v) is 0.407. The minimum Gasteiger partial charge on any atom is -0.185 e. The van der Waals surface area contributed by atoms with Gasteiger partial charge in [0.1, 0.15) is 0 Å². The average Bonchev–Trinajstić information content (AvgIpc) is 2.39. The third-order valence-electron chi connectivity index (χ3n) is 0.749. The van der Waals surface area contributed by atoms with E-state index < -0.39 is 0 Å². The van der Waals surface area contributed by atoms with Crippen LogP contribution in [0.1, 0.15) is 6.92 Å². The topological polar surface area (TPSA) is 30.7 Å². The van der Waals surface area contributed by atoms with Crippen LogP contribution in [0.2, 0.25) is 0 Å². The molecule has 0 spiro atoms. The Morgan fingerprint density at radius 1 is 1.30 bits per heavy atom. The average molecular weight is 159 g/mol. The van der Waals surface area contributed by atoms with Crippen LogP contribution >= 0.6 is 11.8 Å². The fourth-order valence-electron chi connectivity index (χ4n) is 0.407. The summed E-state index contributed by atoms with van der Waals surface area (Å²) in [5.74, 6) is 0. The lowest BCUT2D eigenvalue weighted by Crippen LogP contribution is -1.96. The SMILES string of the molecule is CCn1nccn1.CSC. The molecule has 0 bridgehead atoms. The van der Waals surface area contributed by atoms with Crippen molar-refractivity contribution in [3.8, 4) is 0 Å². The first-order chi connectivity index (χ1) is 4.85. The van der Waals surface area contributed by atoms with Gasteiger partial charge in [0.25, 0.3) is 0 Å². The Morgan fingerprint density at radius 3 is 1.90 bits per heavy atom. The first-order valence-electron chi connectivity index (χ1n) is 3.09. The number of hydrogen-bond donors (Lipinski definition) is 0. The van der Waals surface area contributed by atoms with Gasteiger partial charge in [-0.1, -0.05) is 0 Å². The number of hydrogen-bond acceptors (Lipinski definition) is 3. The van der Waals surface area contributed by atoms with E-state index in [4.69, 9.17) is 0 Å². The molecule has 58 valence electrons. The third-order valence-corrected chi connectivity index (χ3v) is 0.749. The molecule has 0 saturated heterocycles. The Balaban J connectivity index is 0.000000236. The molecule has 0 radical (unpaired) electrons. The minimum absolute atomic E-state index is 0.854. The van der Waals surface area contributed by atoms with Gasteiger partial charge in [-0.15, -0.1) is 0 Å². The Kier molecular flexibility index (Phi) is 6.27. The molecule has 4 heteroatoms. The molecule has 0 atom stereocenters. The first kappa shape index (κ1) is 9.49. The molecule has 0 fully saturated rings. The normalized spacial score (nSPS) is 8.30. The van der Waals surface area contributed by atoms with Gasteiger partial charge in [-0.3, -0.25) is 0 Å². The predicted molar refractivity (Wildman–Crippen MR) is 45.1 cm³/mol. The lowest BCUT2D eigenvalue weighted by molar-refractivity contribution is 0.569. The zero-order valence-electron chi connectivity index (χ0n) is 6.61. The molecule has 0 aliphatic rings. The van der Waals surface area contributed by atoms with E-state index in [-0.39, 0.29) is 0 Å². The molecule has 1 aromatic heterocycles. The Morgan fingerprint density at radius 2 is 1.70 bits per heavy atom. The van der Waals surface area contributed by atoms with E-state index in [0.717, 1.165) is 6.54 Å². The number of aryl methyl sites for hydroxylation is 1. The smallest absolute Gasteiger partial charge is 0.0693 e. The van der Waals surface area contributed by atoms with E-state index in [0.29, 0.717) is 0 Å². The number of aromatic nitrogens is 3. The van der Waals surface area contributed by atoms with E-state index in [1.54, 1.807) is 29.0 Å². The fraction of sp³-hybridized carbons (Fsp3) is 0.667. The Hall–Kier alpha value is -0.510. The van der Waals surface area contributed by atoms with Gasteiger partial charge in [0.2, 0.25) is 0 Å². The molecule has 0 N–H and O–H groups in total. The van der Waals surface area contributed by atoms with Crippen LogP contribution in [0.15, 0.2) is 12.4 Å². The van der Waals surface area contributed by atoms with Gasteiger partial charge in [-0.05, 0) is 19.4 Å². The lowest BCUT2D eigenvalue weighted by Gasteiger charge is -1.85. The molecule has 10 heavy (non-hydrogen) atoms. The summed E-state index contributed by atoms with van der Waals surface area (Å²) in [6, 6.07) is 0. The van der Waals surface area contributed by atoms with Crippen LogP contribution in [0.3, 0.4) is 0 Å². The van der Waals surface area contributed by atoms with Crippen LogP contribution in [0.5, 0.6) is 0 Å². The van der Waals surface area contributed by atoms with Crippen molar-refractivity contribution in [2.45, 2.75) is 13.5 Å². The van der Waals surface area contributed by atoms with Crippen molar-refractivity contribution < 1.29 is 0 Å². The molecule has 1 aromatic rings. The van der Waals surface area contributed by atoms with Gasteiger partial charge in [-0.25, -0.2) is 0 Å². The quantitative estimate of drug-likeness (QED) is 0.618. The summed E-state index contributed by atoms with van der Waals surface area (Å²) >= 11 is 1.75. The second-order valence-electron chi connectivity index (χ2n) is 1.63. The molecule has 0 aliphatic heterocycles. The van der Waals surface area contributed by atoms with Gasteiger partial charge in [0.05, 0.1) is 18.9 Å². The third kappa shape index (κ3) is 4.38. The monoisotopic (exact) mass is 159 g/mol. The van der Waals surface area contributed by atoms with Crippen molar-refractivity contribution in [1.29, 1.82) is 0 Å². The van der Waals surface area contributed by atoms with Crippen LogP contribution in [0.25, 0.3) is 0 Å². The number of thioether (sulfide) groups is 1. The van der Waals surface area contributed by atoms with Crippen LogP contribution in [-0.4, -0.2) is 27.5 Å². The van der Waals surface area contributed by atoms with Crippen molar-refractivity contribution in [2.24, 2.45) is 0 Å². The van der Waals surface area contributed by atoms with Gasteiger partial charge >= 0.3 is 0 Å². The van der Waals surface area contributed by atoms with Crippen molar-refractivity contribution in [1.82, 2.24) is 15.0 Å². The van der Waals surface area contributed by atoms with Crippen molar-refractivity contribution in [3.05, 3.63) is 12.4 Å². The molecule has 0 amide bonds. The number of rotatable bonds is 1. The molecular formula is C6H13N3S. The van der Waals surface area contributed by atoms with E-state index in [1.807, 2.05) is 19.4 Å². The molecule has 0 aromatic carbocycles. The molecule has 1 rings (SSSR count). The highest BCUT2D eigenvalue weighted by molar-refractivity contribution is 7.97. The summed E-state index contributed by atoms with van der Waals surface area (Å²) in [4.78, 5) is 1.62. The molecular weight excluding hydrogens is 146 g/mol. The van der Waals surface area contributed by atoms with Gasteiger partial charge in [0, 0.05) is 0 Å². The maximum Gasteiger partial charge on any atom is 0.0693 e. The summed E-state index contributed by atoms with van der Waals surface area (Å²) in [7, 11) is 0. The Labute approximate surface area is 65.8 Å². The molecule has 0 saturated carbocycles. The second kappa shape index (κ2) is 6.61. The van der Waals surface area contributed by atoms with E-state index in [9.17, 15) is 0 Å². The minimum atomic E-state index is 0.854. The highest BCUT2D eigenvalue weighted by Gasteiger charge is 1.78. The van der Waals surface area contributed by atoms with E-state index in [2.05, 4.69) is 10.2 Å². The van der Waals surface area contributed by atoms with Crippen molar-refractivity contribution in [2.75, 3.05) is 12.5 Å². The van der Waals surface area contributed by atoms with E-state index in [1.165, 1.54) is 0 Å². The highest BCUT2D eigenvalue weighted by Crippen LogP contribution is 1.72. The highest BCUT2D eigenvalue weighted by atomic mass is 32.2. The summed E-state index contributed by atoms with van der Waals surface area (Å²) in [6.07, 6.45) is 7.42. The summed E-state index contributed by atoms with van der Waals surface area (Å²) < 4.78 is 0. The molecule has 1 heterocycles. The van der Waals surface area contributed by atoms with Crippen LogP contribution in [0.4, 0.5) is 0 Å². The van der Waals surface area contributed by atoms with Crippen LogP contribution in [0, 0.1) is 0 Å². The summed E-state index contributed by atoms with van der Waals surface area (Å²) in [5, 5.41) is 7.68. The predicted octanol–water partition coefficient (Wildman–Crippen LogP) is 1.28. The maximum atomic E-state index is 3.84. The molecule has 3 nitrogen and oxygen atoms in total. The second-order valence-corrected chi connectivity index (χ2v) is 2.44. The van der Waals surface area contributed by atoms with Crippen molar-refractivity contribution >= 4 is 11.8 Å². The first-order valence-corrected chi connectivity index (χ1v) is 4.72. The summed E-state index contributed by atoms with van der Waals surface area (Å²) in [5.41, 5.74) is 0. The largest absolute Gasteiger partial charge is 0.185 e. The standard InChI is InChI=1S/C4H7N3.C2H6S/c1-2-7-5-3-4-6-7;1-3-2/h3-4H,2H2,1H3;1-2H3. The maximum absolute atomic E-state index is 3.84. The van der Waals surface area contributed by atoms with Gasteiger partial charge in [-0.2, -0.15) is 26.8 Å². The molecule has 0 aliphatic carbocycles. The molecule has 0 unspecified atom stereocenters. The van der Waals surface area contributed by atoms with Gasteiger partial charge in [0.15, 0.2) is 0 Å². The zero-order chi connectivity index (χ0) is 7.82. The van der Waals surface area contributed by atoms with Crippen LogP contribution < -0.4 is 0 Å². The van der Waals surface area contributed by atoms with Crippen LogP contribution in [-0.2, 0) is 6.54 Å². The zero-order valence-corrected chi connectivity index (χ0v) is 7.43. The van der Waals surface area contributed by atoms with Crippen molar-refractivity contribution in [3.63, 3.8) is 0 Å². The van der Waals surface area contributed by atoms with E-state index >= 15 is 0 Å².